The van der Waals surface area contributed by atoms with E-state index in [9.17, 15) is 23.5 Å². The van der Waals surface area contributed by atoms with Crippen molar-refractivity contribution < 1.29 is 27.8 Å². The molecule has 4 aromatic heterocycles. The highest BCUT2D eigenvalue weighted by Gasteiger charge is 2.44. The van der Waals surface area contributed by atoms with Gasteiger partial charge in [-0.2, -0.15) is 24.2 Å². The van der Waals surface area contributed by atoms with Gasteiger partial charge in [-0.25, -0.2) is 8.91 Å². The Labute approximate surface area is 257 Å². The minimum Gasteiger partial charge on any atom is -0.479 e. The Morgan fingerprint density at radius 3 is 2.62 bits per heavy atom. The molecule has 0 spiro atoms. The number of halogens is 3. The number of hydrogen-bond donors (Lipinski definition) is 2. The summed E-state index contributed by atoms with van der Waals surface area (Å²) in [6, 6.07) is 5.00. The summed E-state index contributed by atoms with van der Waals surface area (Å²) in [7, 11) is 0. The molecular weight excluding hydrogens is 589 g/mol. The van der Waals surface area contributed by atoms with Gasteiger partial charge in [-0.1, -0.05) is 0 Å². The van der Waals surface area contributed by atoms with Crippen LogP contribution in [0, 0.1) is 36.0 Å². The van der Waals surface area contributed by atoms with E-state index >= 15 is 0 Å². The van der Waals surface area contributed by atoms with Crippen molar-refractivity contribution in [3.63, 3.8) is 0 Å². The third-order valence-electron chi connectivity index (χ3n) is 9.64. The predicted molar refractivity (Wildman–Crippen MR) is 155 cm³/mol. The molecule has 3 aliphatic rings. The van der Waals surface area contributed by atoms with Crippen LogP contribution in [0.4, 0.5) is 13.2 Å². The number of aromatic nitrogens is 5. The average molecular weight is 623 g/mol. The molecule has 1 aliphatic heterocycles. The van der Waals surface area contributed by atoms with Crippen LogP contribution in [0.25, 0.3) is 16.8 Å². The highest BCUT2D eigenvalue weighted by molar-refractivity contribution is 5.75. The fourth-order valence-corrected chi connectivity index (χ4v) is 7.54. The van der Waals surface area contributed by atoms with Crippen molar-refractivity contribution in [1.82, 2.24) is 34.6 Å². The van der Waals surface area contributed by atoms with Gasteiger partial charge in [0.1, 0.15) is 5.82 Å². The summed E-state index contributed by atoms with van der Waals surface area (Å²) in [5, 5.41) is 31.6. The largest absolute Gasteiger partial charge is 0.479 e. The molecule has 11 nitrogen and oxygen atoms in total. The maximum absolute atomic E-state index is 13.5. The van der Waals surface area contributed by atoms with Gasteiger partial charge in [-0.05, 0) is 68.2 Å². The first kappa shape index (κ1) is 29.4. The van der Waals surface area contributed by atoms with Crippen LogP contribution in [0.3, 0.4) is 0 Å². The summed E-state index contributed by atoms with van der Waals surface area (Å²) in [5.41, 5.74) is 3.84. The molecule has 4 aromatic rings. The number of alkyl halides is 2. The molecule has 2 saturated carbocycles. The Morgan fingerprint density at radius 2 is 1.93 bits per heavy atom. The van der Waals surface area contributed by atoms with Crippen molar-refractivity contribution in [2.45, 2.75) is 70.5 Å². The zero-order valence-electron chi connectivity index (χ0n) is 24.6. The Balaban J connectivity index is 1.20. The van der Waals surface area contributed by atoms with Gasteiger partial charge >= 0.3 is 6.61 Å². The van der Waals surface area contributed by atoms with E-state index in [0.717, 1.165) is 62.8 Å². The van der Waals surface area contributed by atoms with Crippen molar-refractivity contribution in [2.75, 3.05) is 13.2 Å². The minimum absolute atomic E-state index is 0.121. The molecule has 2 aliphatic carbocycles. The summed E-state index contributed by atoms with van der Waals surface area (Å²) >= 11 is 0. The van der Waals surface area contributed by atoms with E-state index in [2.05, 4.69) is 26.5 Å². The molecule has 0 aromatic carbocycles. The number of ether oxygens (including phenoxy) is 2. The molecule has 236 valence electrons. The highest BCUT2D eigenvalue weighted by atomic mass is 19.3. The molecule has 2 N–H and O–H groups in total. The molecule has 2 bridgehead atoms. The van der Waals surface area contributed by atoms with Crippen LogP contribution in [0.15, 0.2) is 36.8 Å². The second-order valence-electron chi connectivity index (χ2n) is 12.1. The molecule has 0 saturated heterocycles. The number of nitrogens with zero attached hydrogens (tertiary/aromatic N) is 7. The maximum Gasteiger partial charge on any atom is 0.387 e. The number of aliphatic hydroxyl groups is 1. The number of aliphatic hydroxyl groups excluding tert-OH is 1. The molecule has 0 radical (unpaired) electrons. The summed E-state index contributed by atoms with van der Waals surface area (Å²) in [6.07, 6.45) is 9.49. The van der Waals surface area contributed by atoms with Gasteiger partial charge < -0.3 is 19.9 Å². The minimum atomic E-state index is -3.09. The van der Waals surface area contributed by atoms with Crippen LogP contribution < -0.4 is 14.8 Å². The van der Waals surface area contributed by atoms with Crippen molar-refractivity contribution in [3.05, 3.63) is 59.6 Å². The van der Waals surface area contributed by atoms with Crippen molar-refractivity contribution in [1.29, 1.82) is 5.26 Å². The van der Waals surface area contributed by atoms with E-state index < -0.39 is 25.1 Å². The van der Waals surface area contributed by atoms with E-state index in [0.29, 0.717) is 35.2 Å². The topological polar surface area (TPSA) is 126 Å². The van der Waals surface area contributed by atoms with Crippen LogP contribution in [-0.4, -0.2) is 66.2 Å². The lowest BCUT2D eigenvalue weighted by molar-refractivity contribution is -0.0489. The summed E-state index contributed by atoms with van der Waals surface area (Å²) in [5.74, 6) is 0.416. The fraction of sp³-hybridized carbons (Fsp3) is 0.484. The smallest absolute Gasteiger partial charge is 0.387 e. The SMILES string of the molecule is Cc1c(-c2cc(OC(CO)c3ccc(F)cn3)c3c(OC(F)F)cnn3c2)nn2c1CN(C1CC3CCC(C1)C3NC#N)CC2. The van der Waals surface area contributed by atoms with Crippen LogP contribution in [0.5, 0.6) is 11.5 Å². The lowest BCUT2D eigenvalue weighted by Crippen LogP contribution is -2.49. The first-order valence-corrected chi connectivity index (χ1v) is 15.1. The second kappa shape index (κ2) is 11.9. The van der Waals surface area contributed by atoms with E-state index in [1.807, 2.05) is 11.6 Å². The Morgan fingerprint density at radius 1 is 1.13 bits per heavy atom. The number of rotatable bonds is 9. The summed E-state index contributed by atoms with van der Waals surface area (Å²) in [6.45, 7) is 0.783. The molecular formula is C31H33F3N8O3. The van der Waals surface area contributed by atoms with Crippen LogP contribution >= 0.6 is 0 Å². The standard InChI is InChI=1S/C31H33F3N8O3/c1-17-24-14-40(22-8-18-2-3-19(9-22)29(18)37-16-35)6-7-41(24)39-28(17)20-10-25(30-26(45-31(33)34)12-38-42(30)13-20)44-27(15-43)23-5-4-21(32)11-36-23/h4-5,10-13,18-19,22,27,29,31,37,43H,2-3,6-9,14-15H2,1H3. The van der Waals surface area contributed by atoms with Crippen LogP contribution in [-0.2, 0) is 13.1 Å². The third-order valence-corrected chi connectivity index (χ3v) is 9.64. The molecule has 7 rings (SSSR count). The molecule has 3 unspecified atom stereocenters. The Kier molecular flexibility index (Phi) is 7.74. The summed E-state index contributed by atoms with van der Waals surface area (Å²) in [4.78, 5) is 6.57. The van der Waals surface area contributed by atoms with Gasteiger partial charge in [-0.3, -0.25) is 14.6 Å². The fourth-order valence-electron chi connectivity index (χ4n) is 7.54. The van der Waals surface area contributed by atoms with E-state index in [1.165, 1.54) is 22.8 Å². The number of pyridine rings is 2. The van der Waals surface area contributed by atoms with Crippen molar-refractivity contribution in [2.24, 2.45) is 11.8 Å². The van der Waals surface area contributed by atoms with Gasteiger partial charge in [0.25, 0.3) is 0 Å². The van der Waals surface area contributed by atoms with E-state index in [4.69, 9.17) is 14.6 Å². The van der Waals surface area contributed by atoms with E-state index in [-0.39, 0.29) is 22.7 Å². The lowest BCUT2D eigenvalue weighted by atomic mass is 9.80. The third kappa shape index (κ3) is 5.44. The van der Waals surface area contributed by atoms with Gasteiger partial charge in [-0.15, -0.1) is 0 Å². The van der Waals surface area contributed by atoms with Crippen molar-refractivity contribution in [3.8, 4) is 28.9 Å². The number of nitrogens with one attached hydrogen (secondary N) is 1. The quantitative estimate of drug-likeness (QED) is 0.209. The zero-order valence-corrected chi connectivity index (χ0v) is 24.6. The number of nitriles is 1. The predicted octanol–water partition coefficient (Wildman–Crippen LogP) is 4.20. The lowest BCUT2D eigenvalue weighted by Gasteiger charge is -2.42. The summed E-state index contributed by atoms with van der Waals surface area (Å²) < 4.78 is 54.3. The molecule has 5 heterocycles. The second-order valence-corrected chi connectivity index (χ2v) is 12.1. The van der Waals surface area contributed by atoms with Crippen LogP contribution in [0.1, 0.15) is 48.7 Å². The van der Waals surface area contributed by atoms with Crippen LogP contribution in [0.2, 0.25) is 0 Å². The zero-order chi connectivity index (χ0) is 31.2. The van der Waals surface area contributed by atoms with E-state index in [1.54, 1.807) is 12.3 Å². The molecule has 14 heteroatoms. The molecule has 2 fully saturated rings. The Bertz CT molecular complexity index is 1720. The molecule has 0 amide bonds. The number of fused-ring (bicyclic) bond motifs is 4. The monoisotopic (exact) mass is 622 g/mol. The van der Waals surface area contributed by atoms with Gasteiger partial charge in [0.2, 0.25) is 0 Å². The van der Waals surface area contributed by atoms with Gasteiger partial charge in [0.15, 0.2) is 29.3 Å². The number of hydrogen-bond acceptors (Lipinski definition) is 9. The van der Waals surface area contributed by atoms with Gasteiger partial charge in [0, 0.05) is 36.9 Å². The average Bonchev–Trinajstić information content (AvgIpc) is 3.65. The highest BCUT2D eigenvalue weighted by Crippen LogP contribution is 2.45. The van der Waals surface area contributed by atoms with Crippen molar-refractivity contribution >= 4 is 5.52 Å². The Hall–Kier alpha value is -4.35. The first-order valence-electron chi connectivity index (χ1n) is 15.1. The van der Waals surface area contributed by atoms with Gasteiger partial charge in [0.05, 0.1) is 42.6 Å². The normalized spacial score (nSPS) is 23.6. The first-order chi connectivity index (χ1) is 21.8. The maximum atomic E-state index is 13.5. The molecule has 3 atom stereocenters. The molecule has 45 heavy (non-hydrogen) atoms.